The van der Waals surface area contributed by atoms with Crippen LogP contribution in [0.5, 0.6) is 0 Å². The van der Waals surface area contributed by atoms with Gasteiger partial charge >= 0.3 is 0 Å². The lowest BCUT2D eigenvalue weighted by Crippen LogP contribution is -2.16. The maximum atomic E-state index is 6.21. The zero-order valence-corrected chi connectivity index (χ0v) is 10.6. The molecule has 0 amide bonds. The number of hydrogen-bond acceptors (Lipinski definition) is 0. The van der Waals surface area contributed by atoms with Gasteiger partial charge in [-0.1, -0.05) is 44.0 Å². The van der Waals surface area contributed by atoms with Crippen LogP contribution in [-0.2, 0) is 5.41 Å². The van der Waals surface area contributed by atoms with E-state index in [2.05, 4.69) is 20.8 Å². The van der Waals surface area contributed by atoms with Crippen molar-refractivity contribution >= 4 is 23.2 Å². The van der Waals surface area contributed by atoms with Gasteiger partial charge in [-0.15, -0.1) is 0 Å². The van der Waals surface area contributed by atoms with Gasteiger partial charge in [0.05, 0.1) is 0 Å². The van der Waals surface area contributed by atoms with Crippen molar-refractivity contribution < 1.29 is 0 Å². The molecule has 0 unspecified atom stereocenters. The van der Waals surface area contributed by atoms with Crippen molar-refractivity contribution in [2.24, 2.45) is 0 Å². The molecule has 0 saturated carbocycles. The van der Waals surface area contributed by atoms with Crippen molar-refractivity contribution in [1.29, 1.82) is 0 Å². The highest BCUT2D eigenvalue weighted by Crippen LogP contribution is 2.38. The van der Waals surface area contributed by atoms with Crippen LogP contribution in [0.3, 0.4) is 0 Å². The summed E-state index contributed by atoms with van der Waals surface area (Å²) in [5, 5.41) is 1.56. The molecule has 14 heavy (non-hydrogen) atoms. The molecule has 0 aliphatic carbocycles. The molecule has 0 nitrogen and oxygen atoms in total. The molecule has 1 aromatic carbocycles. The van der Waals surface area contributed by atoms with Gasteiger partial charge in [0.25, 0.3) is 0 Å². The molecule has 0 saturated heterocycles. The first-order valence-electron chi connectivity index (χ1n) is 4.84. The summed E-state index contributed by atoms with van der Waals surface area (Å²) in [7, 11) is 0. The van der Waals surface area contributed by atoms with Crippen molar-refractivity contribution in [3.05, 3.63) is 33.3 Å². The van der Waals surface area contributed by atoms with Gasteiger partial charge < -0.3 is 0 Å². The van der Waals surface area contributed by atoms with E-state index in [1.807, 2.05) is 19.1 Å². The number of halogens is 2. The molecule has 1 rings (SSSR count). The lowest BCUT2D eigenvalue weighted by molar-refractivity contribution is 0.506. The van der Waals surface area contributed by atoms with E-state index >= 15 is 0 Å². The summed E-state index contributed by atoms with van der Waals surface area (Å²) in [5.74, 6) is 0. The van der Waals surface area contributed by atoms with Crippen molar-refractivity contribution in [2.75, 3.05) is 0 Å². The Labute approximate surface area is 96.2 Å². The molecular formula is C12H16Cl2. The Morgan fingerprint density at radius 3 is 1.93 bits per heavy atom. The summed E-state index contributed by atoms with van der Waals surface area (Å²) in [6, 6.07) is 3.94. The van der Waals surface area contributed by atoms with Crippen LogP contribution in [0.15, 0.2) is 12.1 Å². The van der Waals surface area contributed by atoms with Crippen LogP contribution in [0.4, 0.5) is 0 Å². The van der Waals surface area contributed by atoms with Gasteiger partial charge in [-0.3, -0.25) is 0 Å². The van der Waals surface area contributed by atoms with Gasteiger partial charge in [0.1, 0.15) is 0 Å². The smallest absolute Gasteiger partial charge is 0.0460 e. The van der Waals surface area contributed by atoms with E-state index in [0.717, 1.165) is 27.6 Å². The first kappa shape index (κ1) is 11.9. The Hall–Kier alpha value is -0.200. The Morgan fingerprint density at radius 2 is 1.57 bits per heavy atom. The second kappa shape index (κ2) is 4.12. The average Bonchev–Trinajstić information content (AvgIpc) is 2.01. The van der Waals surface area contributed by atoms with Crippen LogP contribution in [0.1, 0.15) is 38.3 Å². The van der Waals surface area contributed by atoms with Gasteiger partial charge in [-0.25, -0.2) is 0 Å². The predicted octanol–water partition coefficient (Wildman–Crippen LogP) is 4.99. The Bertz CT molecular complexity index is 317. The molecule has 0 aromatic heterocycles. The minimum absolute atomic E-state index is 0.0435. The molecule has 0 atom stereocenters. The minimum atomic E-state index is 0.0435. The molecule has 0 spiro atoms. The topological polar surface area (TPSA) is 0 Å². The van der Waals surface area contributed by atoms with Crippen LogP contribution in [0.2, 0.25) is 10.0 Å². The zero-order valence-electron chi connectivity index (χ0n) is 9.12. The van der Waals surface area contributed by atoms with Crippen molar-refractivity contribution in [2.45, 2.75) is 39.5 Å². The summed E-state index contributed by atoms with van der Waals surface area (Å²) in [6.07, 6.45) is 1.02. The molecule has 78 valence electrons. The highest BCUT2D eigenvalue weighted by atomic mass is 35.5. The van der Waals surface area contributed by atoms with Crippen LogP contribution in [0.25, 0.3) is 0 Å². The number of aryl methyl sites for hydroxylation is 1. The van der Waals surface area contributed by atoms with E-state index in [0.29, 0.717) is 0 Å². The quantitative estimate of drug-likeness (QED) is 0.672. The van der Waals surface area contributed by atoms with E-state index in [1.54, 1.807) is 0 Å². The Balaban J connectivity index is 3.35. The Kier molecular flexibility index (Phi) is 3.49. The highest BCUT2D eigenvalue weighted by Gasteiger charge is 2.24. The summed E-state index contributed by atoms with van der Waals surface area (Å²) in [5.41, 5.74) is 2.21. The zero-order chi connectivity index (χ0) is 10.9. The van der Waals surface area contributed by atoms with E-state index in [-0.39, 0.29) is 5.41 Å². The third kappa shape index (κ3) is 2.24. The van der Waals surface area contributed by atoms with Crippen LogP contribution in [-0.4, -0.2) is 0 Å². The van der Waals surface area contributed by atoms with Crippen molar-refractivity contribution in [3.63, 3.8) is 0 Å². The fourth-order valence-corrected chi connectivity index (χ4v) is 2.63. The minimum Gasteiger partial charge on any atom is -0.0840 e. The molecule has 0 aliphatic heterocycles. The third-order valence-electron chi connectivity index (χ3n) is 2.75. The molecule has 0 fully saturated rings. The SMILES string of the molecule is CCC(C)(C)c1c(Cl)cc(C)cc1Cl. The van der Waals surface area contributed by atoms with E-state index in [4.69, 9.17) is 23.2 Å². The van der Waals surface area contributed by atoms with Crippen molar-refractivity contribution in [3.8, 4) is 0 Å². The monoisotopic (exact) mass is 230 g/mol. The number of rotatable bonds is 2. The number of hydrogen-bond donors (Lipinski definition) is 0. The summed E-state index contributed by atoms with van der Waals surface area (Å²) in [6.45, 7) is 8.47. The van der Waals surface area contributed by atoms with Gasteiger partial charge in [-0.05, 0) is 42.0 Å². The molecule has 2 heteroatoms. The van der Waals surface area contributed by atoms with Gasteiger partial charge in [-0.2, -0.15) is 0 Å². The Morgan fingerprint density at radius 1 is 1.14 bits per heavy atom. The van der Waals surface area contributed by atoms with E-state index < -0.39 is 0 Å². The van der Waals surface area contributed by atoms with Gasteiger partial charge in [0.15, 0.2) is 0 Å². The lowest BCUT2D eigenvalue weighted by Gasteiger charge is -2.26. The maximum Gasteiger partial charge on any atom is 0.0460 e. The summed E-state index contributed by atoms with van der Waals surface area (Å²) < 4.78 is 0. The van der Waals surface area contributed by atoms with E-state index in [9.17, 15) is 0 Å². The standard InChI is InChI=1S/C12H16Cl2/c1-5-12(3,4)11-9(13)6-8(2)7-10(11)14/h6-7H,5H2,1-4H3. The van der Waals surface area contributed by atoms with Crippen molar-refractivity contribution in [1.82, 2.24) is 0 Å². The van der Waals surface area contributed by atoms with E-state index in [1.165, 1.54) is 0 Å². The van der Waals surface area contributed by atoms with Crippen LogP contribution >= 0.6 is 23.2 Å². The van der Waals surface area contributed by atoms with Crippen LogP contribution in [0, 0.1) is 6.92 Å². The molecule has 0 radical (unpaired) electrons. The molecule has 1 aromatic rings. The summed E-state index contributed by atoms with van der Waals surface area (Å²) >= 11 is 12.4. The first-order valence-corrected chi connectivity index (χ1v) is 5.60. The maximum absolute atomic E-state index is 6.21. The molecule has 0 heterocycles. The summed E-state index contributed by atoms with van der Waals surface area (Å²) in [4.78, 5) is 0. The fraction of sp³-hybridized carbons (Fsp3) is 0.500. The van der Waals surface area contributed by atoms with Gasteiger partial charge in [0.2, 0.25) is 0 Å². The highest BCUT2D eigenvalue weighted by molar-refractivity contribution is 6.36. The third-order valence-corrected chi connectivity index (χ3v) is 3.34. The largest absolute Gasteiger partial charge is 0.0840 e. The number of benzene rings is 1. The second-order valence-corrected chi connectivity index (χ2v) is 5.16. The van der Waals surface area contributed by atoms with Crippen LogP contribution < -0.4 is 0 Å². The lowest BCUT2D eigenvalue weighted by atomic mass is 9.82. The molecule has 0 bridgehead atoms. The fourth-order valence-electron chi connectivity index (χ4n) is 1.52. The molecule has 0 N–H and O–H groups in total. The second-order valence-electron chi connectivity index (χ2n) is 4.34. The normalized spacial score (nSPS) is 11.9. The average molecular weight is 231 g/mol. The molecule has 0 aliphatic rings. The molecular weight excluding hydrogens is 215 g/mol. The van der Waals surface area contributed by atoms with Gasteiger partial charge in [0, 0.05) is 10.0 Å². The predicted molar refractivity (Wildman–Crippen MR) is 64.5 cm³/mol. The first-order chi connectivity index (χ1) is 6.38.